The third-order valence-corrected chi connectivity index (χ3v) is 5.28. The van der Waals surface area contributed by atoms with Gasteiger partial charge >= 0.3 is 0 Å². The van der Waals surface area contributed by atoms with Gasteiger partial charge in [0, 0.05) is 29.6 Å². The number of imidazole rings is 1. The van der Waals surface area contributed by atoms with Gasteiger partial charge in [0.2, 0.25) is 5.95 Å². The molecule has 1 aliphatic carbocycles. The lowest BCUT2D eigenvalue weighted by atomic mass is 9.93. The van der Waals surface area contributed by atoms with Crippen molar-refractivity contribution < 1.29 is 8.78 Å². The molecule has 1 N–H and O–H groups in total. The summed E-state index contributed by atoms with van der Waals surface area (Å²) in [6, 6.07) is 4.23. The van der Waals surface area contributed by atoms with E-state index >= 15 is 0 Å². The molecule has 0 bridgehead atoms. The van der Waals surface area contributed by atoms with Crippen LogP contribution in [0.2, 0.25) is 0 Å². The van der Waals surface area contributed by atoms with Crippen LogP contribution in [-0.4, -0.2) is 41.6 Å². The monoisotopic (exact) mass is 383 g/mol. The highest BCUT2D eigenvalue weighted by molar-refractivity contribution is 5.85. The first-order valence-electron chi connectivity index (χ1n) is 9.31. The standard InChI is InChI=1S/C19H19F2N7/c1-11-24-18-15(27(11)10-17(20)21)7-12(8-22-18)14-5-6-28-16(14)9-23-19(26-28)25-13-3-2-4-13/h5-9,13,17H,2-4,10H2,1H3,(H,25,26). The van der Waals surface area contributed by atoms with Crippen molar-refractivity contribution in [2.75, 3.05) is 5.32 Å². The minimum Gasteiger partial charge on any atom is -0.350 e. The molecular formula is C19H19F2N7. The zero-order valence-corrected chi connectivity index (χ0v) is 15.3. The van der Waals surface area contributed by atoms with Crippen molar-refractivity contribution >= 4 is 22.6 Å². The third-order valence-electron chi connectivity index (χ3n) is 5.28. The maximum atomic E-state index is 13.0. The molecule has 7 nitrogen and oxygen atoms in total. The van der Waals surface area contributed by atoms with E-state index in [1.165, 1.54) is 11.0 Å². The van der Waals surface area contributed by atoms with E-state index in [4.69, 9.17) is 0 Å². The number of fused-ring (bicyclic) bond motifs is 2. The second-order valence-corrected chi connectivity index (χ2v) is 7.14. The lowest BCUT2D eigenvalue weighted by Crippen LogP contribution is -2.28. The second-order valence-electron chi connectivity index (χ2n) is 7.14. The average molecular weight is 383 g/mol. The van der Waals surface area contributed by atoms with E-state index in [2.05, 4.69) is 25.4 Å². The number of nitrogens with zero attached hydrogens (tertiary/aromatic N) is 6. The van der Waals surface area contributed by atoms with Crippen LogP contribution < -0.4 is 5.32 Å². The molecule has 0 saturated heterocycles. The number of aryl methyl sites for hydroxylation is 1. The fraction of sp³-hybridized carbons (Fsp3) is 0.368. The van der Waals surface area contributed by atoms with Gasteiger partial charge in [0.25, 0.3) is 6.43 Å². The lowest BCUT2D eigenvalue weighted by Gasteiger charge is -2.26. The van der Waals surface area contributed by atoms with E-state index < -0.39 is 13.0 Å². The molecule has 1 aliphatic rings. The van der Waals surface area contributed by atoms with Gasteiger partial charge in [-0.15, -0.1) is 5.10 Å². The predicted octanol–water partition coefficient (Wildman–Crippen LogP) is 3.68. The number of nitrogens with one attached hydrogen (secondary N) is 1. The maximum Gasteiger partial charge on any atom is 0.256 e. The van der Waals surface area contributed by atoms with Crippen LogP contribution in [0.25, 0.3) is 27.8 Å². The quantitative estimate of drug-likeness (QED) is 0.569. The Labute approximate surface area is 159 Å². The largest absolute Gasteiger partial charge is 0.350 e. The molecule has 4 heterocycles. The zero-order chi connectivity index (χ0) is 19.3. The van der Waals surface area contributed by atoms with Gasteiger partial charge in [-0.25, -0.2) is 28.2 Å². The van der Waals surface area contributed by atoms with Crippen LogP contribution in [0.1, 0.15) is 25.1 Å². The van der Waals surface area contributed by atoms with E-state index in [9.17, 15) is 8.78 Å². The van der Waals surface area contributed by atoms with Crippen molar-refractivity contribution in [1.29, 1.82) is 0 Å². The lowest BCUT2D eigenvalue weighted by molar-refractivity contribution is 0.127. The van der Waals surface area contributed by atoms with Gasteiger partial charge in [-0.3, -0.25) is 0 Å². The molecule has 144 valence electrons. The average Bonchev–Trinajstić information content (AvgIpc) is 3.18. The minimum atomic E-state index is -2.45. The third kappa shape index (κ3) is 2.87. The molecule has 9 heteroatoms. The molecule has 0 unspecified atom stereocenters. The summed E-state index contributed by atoms with van der Waals surface area (Å²) in [6.45, 7) is 1.31. The van der Waals surface area contributed by atoms with Gasteiger partial charge in [-0.05, 0) is 38.3 Å². The van der Waals surface area contributed by atoms with Crippen molar-refractivity contribution in [2.45, 2.75) is 45.2 Å². The van der Waals surface area contributed by atoms with Crippen LogP contribution in [0.3, 0.4) is 0 Å². The highest BCUT2D eigenvalue weighted by atomic mass is 19.3. The molecule has 0 spiro atoms. The van der Waals surface area contributed by atoms with E-state index in [0.717, 1.165) is 29.5 Å². The van der Waals surface area contributed by atoms with E-state index in [-0.39, 0.29) is 0 Å². The van der Waals surface area contributed by atoms with E-state index in [1.54, 1.807) is 23.8 Å². The highest BCUT2D eigenvalue weighted by Gasteiger charge is 2.19. The van der Waals surface area contributed by atoms with E-state index in [0.29, 0.717) is 29.0 Å². The van der Waals surface area contributed by atoms with Crippen molar-refractivity contribution in [2.24, 2.45) is 0 Å². The van der Waals surface area contributed by atoms with Gasteiger partial charge in [0.1, 0.15) is 5.82 Å². The Morgan fingerprint density at radius 1 is 1.21 bits per heavy atom. The molecule has 4 aromatic rings. The van der Waals surface area contributed by atoms with Crippen LogP contribution >= 0.6 is 0 Å². The Kier molecular flexibility index (Phi) is 3.96. The first kappa shape index (κ1) is 17.0. The second kappa shape index (κ2) is 6.50. The normalized spacial score (nSPS) is 14.9. The highest BCUT2D eigenvalue weighted by Crippen LogP contribution is 2.28. The molecule has 0 atom stereocenters. The van der Waals surface area contributed by atoms with Crippen LogP contribution in [0, 0.1) is 6.92 Å². The summed E-state index contributed by atoms with van der Waals surface area (Å²) < 4.78 is 29.2. The zero-order valence-electron chi connectivity index (χ0n) is 15.3. The number of halogens is 2. The fourth-order valence-electron chi connectivity index (χ4n) is 3.58. The number of alkyl halides is 2. The Hall–Kier alpha value is -3.10. The SMILES string of the molecule is Cc1nc2ncc(-c3ccn4nc(NC5CCC5)ncc34)cc2n1CC(F)F. The summed E-state index contributed by atoms with van der Waals surface area (Å²) in [5, 5.41) is 7.86. The molecule has 0 amide bonds. The van der Waals surface area contributed by atoms with E-state index in [1.807, 2.05) is 18.3 Å². The van der Waals surface area contributed by atoms with Gasteiger partial charge in [0.15, 0.2) is 5.65 Å². The smallest absolute Gasteiger partial charge is 0.256 e. The van der Waals surface area contributed by atoms with Crippen molar-refractivity contribution in [3.63, 3.8) is 0 Å². The van der Waals surface area contributed by atoms with Gasteiger partial charge in [-0.2, -0.15) is 0 Å². The molecule has 1 saturated carbocycles. The first-order chi connectivity index (χ1) is 13.6. The number of rotatable bonds is 5. The van der Waals surface area contributed by atoms with Crippen LogP contribution in [0.5, 0.6) is 0 Å². The molecular weight excluding hydrogens is 364 g/mol. The maximum absolute atomic E-state index is 13.0. The topological polar surface area (TPSA) is 72.9 Å². The number of anilines is 1. The van der Waals surface area contributed by atoms with Crippen molar-refractivity contribution in [3.8, 4) is 11.1 Å². The molecule has 4 aromatic heterocycles. The summed E-state index contributed by atoms with van der Waals surface area (Å²) in [4.78, 5) is 13.1. The Morgan fingerprint density at radius 2 is 2.07 bits per heavy atom. The van der Waals surface area contributed by atoms with Gasteiger partial charge in [0.05, 0.1) is 23.8 Å². The molecule has 1 fully saturated rings. The predicted molar refractivity (Wildman–Crippen MR) is 102 cm³/mol. The van der Waals surface area contributed by atoms with Crippen molar-refractivity contribution in [3.05, 3.63) is 36.5 Å². The molecule has 5 rings (SSSR count). The fourth-order valence-corrected chi connectivity index (χ4v) is 3.58. The number of pyridine rings is 1. The minimum absolute atomic E-state index is 0.400. The van der Waals surface area contributed by atoms with Gasteiger partial charge in [-0.1, -0.05) is 0 Å². The van der Waals surface area contributed by atoms with Crippen LogP contribution in [-0.2, 0) is 6.54 Å². The van der Waals surface area contributed by atoms with Crippen LogP contribution in [0.4, 0.5) is 14.7 Å². The molecule has 0 aromatic carbocycles. The number of aromatic nitrogens is 6. The Bertz CT molecular complexity index is 1160. The van der Waals surface area contributed by atoms with Crippen LogP contribution in [0.15, 0.2) is 30.7 Å². The summed E-state index contributed by atoms with van der Waals surface area (Å²) in [6.07, 6.45) is 6.43. The molecule has 0 radical (unpaired) electrons. The number of hydrogen-bond donors (Lipinski definition) is 1. The number of hydrogen-bond acceptors (Lipinski definition) is 5. The summed E-state index contributed by atoms with van der Waals surface area (Å²) >= 11 is 0. The first-order valence-corrected chi connectivity index (χ1v) is 9.31. The molecule has 28 heavy (non-hydrogen) atoms. The van der Waals surface area contributed by atoms with Crippen molar-refractivity contribution in [1.82, 2.24) is 29.1 Å². The summed E-state index contributed by atoms with van der Waals surface area (Å²) in [5.74, 6) is 1.13. The summed E-state index contributed by atoms with van der Waals surface area (Å²) in [7, 11) is 0. The Morgan fingerprint density at radius 3 is 2.82 bits per heavy atom. The Balaban J connectivity index is 1.54. The molecule has 0 aliphatic heterocycles. The van der Waals surface area contributed by atoms with Gasteiger partial charge < -0.3 is 9.88 Å². The summed E-state index contributed by atoms with van der Waals surface area (Å²) in [5.41, 5.74) is 3.60.